The minimum Gasteiger partial charge on any atom is -0.368 e. The third kappa shape index (κ3) is 5.01. The molecule has 0 aliphatic heterocycles. The van der Waals surface area contributed by atoms with Crippen molar-refractivity contribution in [2.75, 3.05) is 12.0 Å². The van der Waals surface area contributed by atoms with Crippen molar-refractivity contribution in [3.05, 3.63) is 6.04 Å². The molecule has 0 saturated carbocycles. The topological polar surface area (TPSA) is 72.2 Å². The van der Waals surface area contributed by atoms with E-state index in [1.54, 1.807) is 11.8 Å². The van der Waals surface area contributed by atoms with Crippen molar-refractivity contribution >= 4 is 23.6 Å². The first-order valence-electron chi connectivity index (χ1n) is 3.50. The number of nitrogens with one attached hydrogen (secondary N) is 1. The van der Waals surface area contributed by atoms with Gasteiger partial charge in [0.1, 0.15) is 0 Å². The zero-order valence-electron chi connectivity index (χ0n) is 7.22. The van der Waals surface area contributed by atoms with E-state index in [9.17, 15) is 9.59 Å². The van der Waals surface area contributed by atoms with Gasteiger partial charge < -0.3 is 11.1 Å². The first-order chi connectivity index (χ1) is 5.57. The van der Waals surface area contributed by atoms with E-state index < -0.39 is 5.91 Å². The van der Waals surface area contributed by atoms with Crippen LogP contribution in [-0.2, 0) is 9.59 Å². The lowest BCUT2D eigenvalue weighted by Crippen LogP contribution is -2.36. The van der Waals surface area contributed by atoms with Gasteiger partial charge in [0, 0.05) is 6.92 Å². The highest BCUT2D eigenvalue weighted by atomic mass is 32.2. The van der Waals surface area contributed by atoms with Crippen LogP contribution in [0.2, 0.25) is 0 Å². The molecule has 0 heterocycles. The Hall–Kier alpha value is -0.710. The second-order valence-electron chi connectivity index (χ2n) is 2.27. The first kappa shape index (κ1) is 11.3. The number of amides is 2. The fraction of sp³-hybridized carbons (Fsp3) is 0.571. The number of carbonyl (C=O) groups is 2. The maximum atomic E-state index is 10.7. The Kier molecular flexibility index (Phi) is 5.53. The zero-order valence-corrected chi connectivity index (χ0v) is 8.03. The van der Waals surface area contributed by atoms with Gasteiger partial charge in [-0.25, -0.2) is 0 Å². The van der Waals surface area contributed by atoms with Crippen molar-refractivity contribution in [3.63, 3.8) is 0 Å². The molecule has 0 aromatic rings. The second kappa shape index (κ2) is 5.88. The third-order valence-corrected chi connectivity index (χ3v) is 1.79. The standard InChI is InChI=1S/C7H13N2O2S/c1-5(10)9-6(7(8)11)3-4-12-2/h3-4H2,1-2H3,(H2,8,11)(H,9,10). The summed E-state index contributed by atoms with van der Waals surface area (Å²) < 4.78 is 0. The van der Waals surface area contributed by atoms with Crippen LogP contribution in [0.4, 0.5) is 0 Å². The van der Waals surface area contributed by atoms with E-state index in [-0.39, 0.29) is 11.9 Å². The number of hydrogen-bond acceptors (Lipinski definition) is 3. The average molecular weight is 189 g/mol. The molecule has 0 aliphatic carbocycles. The molecule has 0 atom stereocenters. The Morgan fingerprint density at radius 2 is 2.08 bits per heavy atom. The van der Waals surface area contributed by atoms with Crippen LogP contribution in [0.25, 0.3) is 0 Å². The van der Waals surface area contributed by atoms with Gasteiger partial charge in [-0.05, 0) is 18.4 Å². The third-order valence-electron chi connectivity index (χ3n) is 1.18. The van der Waals surface area contributed by atoms with Gasteiger partial charge in [0.25, 0.3) is 0 Å². The van der Waals surface area contributed by atoms with Crippen molar-refractivity contribution in [1.29, 1.82) is 0 Å². The van der Waals surface area contributed by atoms with E-state index >= 15 is 0 Å². The fourth-order valence-corrected chi connectivity index (χ4v) is 1.07. The molecule has 4 nitrogen and oxygen atoms in total. The first-order valence-corrected chi connectivity index (χ1v) is 4.89. The van der Waals surface area contributed by atoms with Crippen LogP contribution in [0.5, 0.6) is 0 Å². The molecule has 1 radical (unpaired) electrons. The van der Waals surface area contributed by atoms with Crippen molar-refractivity contribution in [2.24, 2.45) is 5.73 Å². The summed E-state index contributed by atoms with van der Waals surface area (Å²) in [6.45, 7) is 1.35. The Morgan fingerprint density at radius 3 is 2.42 bits per heavy atom. The number of rotatable bonds is 5. The van der Waals surface area contributed by atoms with E-state index in [1.165, 1.54) is 6.92 Å². The van der Waals surface area contributed by atoms with Crippen LogP contribution in [0.3, 0.4) is 0 Å². The summed E-state index contributed by atoms with van der Waals surface area (Å²) in [5, 5.41) is 2.40. The molecule has 0 saturated heterocycles. The van der Waals surface area contributed by atoms with Crippen molar-refractivity contribution in [2.45, 2.75) is 13.3 Å². The summed E-state index contributed by atoms with van der Waals surface area (Å²) in [5.41, 5.74) is 5.03. The summed E-state index contributed by atoms with van der Waals surface area (Å²) in [5.74, 6) is -0.0393. The van der Waals surface area contributed by atoms with Gasteiger partial charge >= 0.3 is 0 Å². The molecule has 12 heavy (non-hydrogen) atoms. The van der Waals surface area contributed by atoms with Crippen LogP contribution in [0.1, 0.15) is 13.3 Å². The number of primary amides is 1. The summed E-state index contributed by atoms with van der Waals surface area (Å²) in [6.07, 6.45) is 2.43. The molecule has 0 unspecified atom stereocenters. The maximum Gasteiger partial charge on any atom is 0.246 e. The second-order valence-corrected chi connectivity index (χ2v) is 3.25. The summed E-state index contributed by atoms with van der Waals surface area (Å²) >= 11 is 1.59. The Labute approximate surface area is 76.3 Å². The molecule has 5 heteroatoms. The quantitative estimate of drug-likeness (QED) is 0.634. The predicted octanol–water partition coefficient (Wildman–Crippen LogP) is -0.107. The largest absolute Gasteiger partial charge is 0.368 e. The van der Waals surface area contributed by atoms with Crippen LogP contribution in [0, 0.1) is 6.04 Å². The highest BCUT2D eigenvalue weighted by Crippen LogP contribution is 2.05. The summed E-state index contributed by atoms with van der Waals surface area (Å²) in [6, 6.07) is 0.289. The van der Waals surface area contributed by atoms with Gasteiger partial charge in [-0.15, -0.1) is 0 Å². The van der Waals surface area contributed by atoms with Gasteiger partial charge in [0.05, 0.1) is 0 Å². The van der Waals surface area contributed by atoms with Crippen LogP contribution in [0.15, 0.2) is 0 Å². The number of thioether (sulfide) groups is 1. The highest BCUT2D eigenvalue weighted by Gasteiger charge is 2.16. The van der Waals surface area contributed by atoms with Crippen molar-refractivity contribution in [1.82, 2.24) is 5.32 Å². The molecular formula is C7H13N2O2S. The van der Waals surface area contributed by atoms with Crippen molar-refractivity contribution < 1.29 is 9.59 Å². The molecule has 0 bridgehead atoms. The molecule has 0 aromatic carbocycles. The molecule has 3 N–H and O–H groups in total. The lowest BCUT2D eigenvalue weighted by Gasteiger charge is -2.11. The van der Waals surface area contributed by atoms with E-state index in [1.807, 2.05) is 6.26 Å². The van der Waals surface area contributed by atoms with E-state index in [2.05, 4.69) is 5.32 Å². The monoisotopic (exact) mass is 189 g/mol. The molecular weight excluding hydrogens is 176 g/mol. The molecule has 0 rings (SSSR count). The normalized spacial score (nSPS) is 9.92. The predicted molar refractivity (Wildman–Crippen MR) is 49.3 cm³/mol. The van der Waals surface area contributed by atoms with E-state index in [0.717, 1.165) is 5.75 Å². The Balaban J connectivity index is 3.87. The smallest absolute Gasteiger partial charge is 0.246 e. The zero-order chi connectivity index (χ0) is 9.56. The molecule has 2 amide bonds. The Bertz CT molecular complexity index is 173. The highest BCUT2D eigenvalue weighted by molar-refractivity contribution is 7.98. The van der Waals surface area contributed by atoms with Gasteiger partial charge in [-0.1, -0.05) is 0 Å². The molecule has 0 fully saturated rings. The van der Waals surface area contributed by atoms with Crippen LogP contribution in [-0.4, -0.2) is 23.8 Å². The molecule has 0 spiro atoms. The van der Waals surface area contributed by atoms with Gasteiger partial charge in [-0.2, -0.15) is 11.8 Å². The van der Waals surface area contributed by atoms with Gasteiger partial charge in [0.15, 0.2) is 6.04 Å². The average Bonchev–Trinajstić information content (AvgIpc) is 1.96. The lowest BCUT2D eigenvalue weighted by atomic mass is 10.2. The summed E-state index contributed by atoms with van der Waals surface area (Å²) in [4.78, 5) is 21.3. The van der Waals surface area contributed by atoms with Gasteiger partial charge in [-0.3, -0.25) is 9.59 Å². The Morgan fingerprint density at radius 1 is 1.50 bits per heavy atom. The molecule has 0 aliphatic rings. The maximum absolute atomic E-state index is 10.7. The van der Waals surface area contributed by atoms with Crippen molar-refractivity contribution in [3.8, 4) is 0 Å². The van der Waals surface area contributed by atoms with Gasteiger partial charge in [0.2, 0.25) is 11.8 Å². The minimum atomic E-state index is -0.556. The summed E-state index contributed by atoms with van der Waals surface area (Å²) in [7, 11) is 0. The van der Waals surface area contributed by atoms with E-state index in [0.29, 0.717) is 6.42 Å². The SMILES string of the molecule is CSCC[C](NC(C)=O)C(N)=O. The van der Waals surface area contributed by atoms with Crippen LogP contribution >= 0.6 is 11.8 Å². The number of carbonyl (C=O) groups excluding carboxylic acids is 2. The minimum absolute atomic E-state index is 0.259. The van der Waals surface area contributed by atoms with E-state index in [4.69, 9.17) is 5.73 Å². The van der Waals surface area contributed by atoms with Crippen LogP contribution < -0.4 is 11.1 Å². The molecule has 69 valence electrons. The number of hydrogen-bond donors (Lipinski definition) is 2. The lowest BCUT2D eigenvalue weighted by molar-refractivity contribution is -0.123. The number of nitrogens with two attached hydrogens (primary N) is 1. The molecule has 0 aromatic heterocycles. The fourth-order valence-electron chi connectivity index (χ4n) is 0.664.